The molecule has 0 spiro atoms. The third kappa shape index (κ3) is 5.28. The van der Waals surface area contributed by atoms with Crippen molar-refractivity contribution in [3.8, 4) is 0 Å². The van der Waals surface area contributed by atoms with Gasteiger partial charge in [0.05, 0.1) is 5.52 Å². The van der Waals surface area contributed by atoms with Gasteiger partial charge in [0.25, 0.3) is 0 Å². The number of halogens is 3. The molecule has 1 aliphatic carbocycles. The summed E-state index contributed by atoms with van der Waals surface area (Å²) >= 11 is 18.0. The summed E-state index contributed by atoms with van der Waals surface area (Å²) in [6, 6.07) is 12.9. The monoisotopic (exact) mass is 462 g/mol. The second kappa shape index (κ2) is 9.29. The molecule has 0 bridgehead atoms. The molecule has 4 rings (SSSR count). The van der Waals surface area contributed by atoms with Crippen LogP contribution in [0.3, 0.4) is 0 Å². The van der Waals surface area contributed by atoms with E-state index >= 15 is 0 Å². The molecule has 0 atom stereocenters. The topological polar surface area (TPSA) is 66.1 Å². The predicted octanol–water partition coefficient (Wildman–Crippen LogP) is 6.74. The molecule has 1 heterocycles. The Hall–Kier alpha value is -2.21. The van der Waals surface area contributed by atoms with Crippen LogP contribution in [0.1, 0.15) is 25.7 Å². The summed E-state index contributed by atoms with van der Waals surface area (Å²) in [4.78, 5) is 16.7. The SMILES string of the molecule is O=C(Nc1cc(Cl)cc(Cl)c1)N[C@H]1CC[C@@H](Nc2ccnc3cc(Cl)ccc23)CC1. The van der Waals surface area contributed by atoms with Crippen LogP contribution in [-0.2, 0) is 0 Å². The van der Waals surface area contributed by atoms with Crippen LogP contribution >= 0.6 is 34.8 Å². The van der Waals surface area contributed by atoms with Gasteiger partial charge in [-0.1, -0.05) is 34.8 Å². The Morgan fingerprint density at radius 2 is 1.57 bits per heavy atom. The van der Waals surface area contributed by atoms with E-state index in [0.717, 1.165) is 42.3 Å². The molecular formula is C22H21Cl3N4O. The van der Waals surface area contributed by atoms with Crippen LogP contribution < -0.4 is 16.0 Å². The second-order valence-electron chi connectivity index (χ2n) is 7.47. The van der Waals surface area contributed by atoms with Crippen molar-refractivity contribution in [3.05, 3.63) is 63.7 Å². The molecule has 1 saturated carbocycles. The molecule has 3 N–H and O–H groups in total. The molecule has 156 valence electrons. The van der Waals surface area contributed by atoms with Gasteiger partial charge in [-0.3, -0.25) is 4.98 Å². The van der Waals surface area contributed by atoms with Gasteiger partial charge in [0.1, 0.15) is 0 Å². The van der Waals surface area contributed by atoms with Crippen molar-refractivity contribution in [2.24, 2.45) is 0 Å². The van der Waals surface area contributed by atoms with Crippen LogP contribution in [0.4, 0.5) is 16.2 Å². The number of aromatic nitrogens is 1. The number of carbonyl (C=O) groups is 1. The van der Waals surface area contributed by atoms with Gasteiger partial charge < -0.3 is 16.0 Å². The molecule has 0 aliphatic heterocycles. The average Bonchev–Trinajstić information content (AvgIpc) is 2.68. The predicted molar refractivity (Wildman–Crippen MR) is 125 cm³/mol. The lowest BCUT2D eigenvalue weighted by atomic mass is 9.91. The van der Waals surface area contributed by atoms with Crippen LogP contribution in [0.25, 0.3) is 10.9 Å². The summed E-state index contributed by atoms with van der Waals surface area (Å²) < 4.78 is 0. The van der Waals surface area contributed by atoms with E-state index in [0.29, 0.717) is 26.8 Å². The average molecular weight is 464 g/mol. The molecule has 0 saturated heterocycles. The highest BCUT2D eigenvalue weighted by Crippen LogP contribution is 2.28. The van der Waals surface area contributed by atoms with E-state index in [1.54, 1.807) is 24.4 Å². The molecule has 2 aromatic carbocycles. The lowest BCUT2D eigenvalue weighted by Gasteiger charge is -2.30. The highest BCUT2D eigenvalue weighted by atomic mass is 35.5. The van der Waals surface area contributed by atoms with Gasteiger partial charge in [-0.25, -0.2) is 4.79 Å². The number of anilines is 2. The maximum atomic E-state index is 12.3. The Labute approximate surface area is 190 Å². The number of urea groups is 1. The molecule has 1 aromatic heterocycles. The van der Waals surface area contributed by atoms with E-state index in [4.69, 9.17) is 34.8 Å². The molecule has 0 unspecified atom stereocenters. The lowest BCUT2D eigenvalue weighted by Crippen LogP contribution is -2.42. The Balaban J connectivity index is 1.30. The van der Waals surface area contributed by atoms with Crippen molar-refractivity contribution >= 4 is 63.1 Å². The number of benzene rings is 2. The molecule has 5 nitrogen and oxygen atoms in total. The first kappa shape index (κ1) is 21.0. The maximum Gasteiger partial charge on any atom is 0.319 e. The summed E-state index contributed by atoms with van der Waals surface area (Å²) in [5.41, 5.74) is 2.51. The van der Waals surface area contributed by atoms with E-state index in [-0.39, 0.29) is 12.1 Å². The van der Waals surface area contributed by atoms with Crippen molar-refractivity contribution < 1.29 is 4.79 Å². The number of fused-ring (bicyclic) bond motifs is 1. The first-order valence-corrected chi connectivity index (χ1v) is 10.9. The Kier molecular flexibility index (Phi) is 6.52. The van der Waals surface area contributed by atoms with Gasteiger partial charge >= 0.3 is 6.03 Å². The number of amides is 2. The van der Waals surface area contributed by atoms with E-state index in [1.807, 2.05) is 24.3 Å². The van der Waals surface area contributed by atoms with Gasteiger partial charge in [0.2, 0.25) is 0 Å². The Morgan fingerprint density at radius 3 is 2.30 bits per heavy atom. The number of pyridine rings is 1. The molecule has 1 fully saturated rings. The minimum atomic E-state index is -0.248. The largest absolute Gasteiger partial charge is 0.382 e. The minimum Gasteiger partial charge on any atom is -0.382 e. The number of carbonyl (C=O) groups excluding carboxylic acids is 1. The minimum absolute atomic E-state index is 0.130. The quantitative estimate of drug-likeness (QED) is 0.401. The zero-order chi connectivity index (χ0) is 21.1. The van der Waals surface area contributed by atoms with Gasteiger partial charge in [0.15, 0.2) is 0 Å². The summed E-state index contributed by atoms with van der Waals surface area (Å²) in [5, 5.41) is 12.2. The summed E-state index contributed by atoms with van der Waals surface area (Å²) in [5.74, 6) is 0. The van der Waals surface area contributed by atoms with Crippen LogP contribution in [0.15, 0.2) is 48.7 Å². The fourth-order valence-corrected chi connectivity index (χ4v) is 4.52. The second-order valence-corrected chi connectivity index (χ2v) is 8.78. The van der Waals surface area contributed by atoms with E-state index in [2.05, 4.69) is 20.9 Å². The van der Waals surface area contributed by atoms with Gasteiger partial charge in [-0.2, -0.15) is 0 Å². The molecule has 0 radical (unpaired) electrons. The fraction of sp³-hybridized carbons (Fsp3) is 0.273. The molecule has 1 aliphatic rings. The molecular weight excluding hydrogens is 443 g/mol. The van der Waals surface area contributed by atoms with Crippen LogP contribution in [-0.4, -0.2) is 23.1 Å². The van der Waals surface area contributed by atoms with Gasteiger partial charge in [0, 0.05) is 50.1 Å². The molecule has 3 aromatic rings. The summed E-state index contributed by atoms with van der Waals surface area (Å²) in [6.45, 7) is 0. The van der Waals surface area contributed by atoms with Crippen molar-refractivity contribution in [2.75, 3.05) is 10.6 Å². The van der Waals surface area contributed by atoms with E-state index in [1.165, 1.54) is 0 Å². The number of hydrogen-bond acceptors (Lipinski definition) is 3. The highest BCUT2D eigenvalue weighted by molar-refractivity contribution is 6.35. The van der Waals surface area contributed by atoms with Crippen molar-refractivity contribution in [1.82, 2.24) is 10.3 Å². The first-order valence-electron chi connectivity index (χ1n) is 9.81. The number of rotatable bonds is 4. The maximum absolute atomic E-state index is 12.3. The number of hydrogen-bond donors (Lipinski definition) is 3. The summed E-state index contributed by atoms with van der Waals surface area (Å²) in [7, 11) is 0. The molecule has 2 amide bonds. The summed E-state index contributed by atoms with van der Waals surface area (Å²) in [6.07, 6.45) is 5.52. The van der Waals surface area contributed by atoms with Crippen molar-refractivity contribution in [2.45, 2.75) is 37.8 Å². The van der Waals surface area contributed by atoms with Crippen molar-refractivity contribution in [1.29, 1.82) is 0 Å². The smallest absolute Gasteiger partial charge is 0.319 e. The van der Waals surface area contributed by atoms with Crippen LogP contribution in [0.5, 0.6) is 0 Å². The third-order valence-electron chi connectivity index (χ3n) is 5.25. The standard InChI is InChI=1S/C22H21Cl3N4O/c23-13-1-6-19-20(7-8-26-21(19)12-13)27-16-2-4-17(5-3-16)28-22(30)29-18-10-14(24)9-15(25)11-18/h1,6-12,16-17H,2-5H2,(H,26,27)(H2,28,29,30)/t16-,17+. The number of nitrogens with zero attached hydrogens (tertiary/aromatic N) is 1. The fourth-order valence-electron chi connectivity index (χ4n) is 3.83. The zero-order valence-corrected chi connectivity index (χ0v) is 18.4. The van der Waals surface area contributed by atoms with Crippen LogP contribution in [0.2, 0.25) is 15.1 Å². The zero-order valence-electron chi connectivity index (χ0n) is 16.1. The Bertz CT molecular complexity index is 1050. The highest BCUT2D eigenvalue weighted by Gasteiger charge is 2.23. The van der Waals surface area contributed by atoms with Crippen LogP contribution in [0, 0.1) is 0 Å². The van der Waals surface area contributed by atoms with E-state index in [9.17, 15) is 4.79 Å². The number of nitrogens with one attached hydrogen (secondary N) is 3. The van der Waals surface area contributed by atoms with E-state index < -0.39 is 0 Å². The third-order valence-corrected chi connectivity index (χ3v) is 5.92. The Morgan fingerprint density at radius 1 is 0.867 bits per heavy atom. The lowest BCUT2D eigenvalue weighted by molar-refractivity contribution is 0.243. The normalized spacial score (nSPS) is 18.8. The van der Waals surface area contributed by atoms with Crippen molar-refractivity contribution in [3.63, 3.8) is 0 Å². The molecule has 8 heteroatoms. The van der Waals surface area contributed by atoms with Gasteiger partial charge in [-0.05, 0) is 68.1 Å². The van der Waals surface area contributed by atoms with Gasteiger partial charge in [-0.15, -0.1) is 0 Å². The molecule has 30 heavy (non-hydrogen) atoms. The first-order chi connectivity index (χ1) is 14.5.